The van der Waals surface area contributed by atoms with Crippen molar-refractivity contribution in [2.75, 3.05) is 13.2 Å². The number of benzene rings is 3. The van der Waals surface area contributed by atoms with Crippen LogP contribution in [0.4, 0.5) is 19.3 Å². The molecule has 160 valence electrons. The van der Waals surface area contributed by atoms with Gasteiger partial charge in [0.05, 0.1) is 17.5 Å². The third kappa shape index (κ3) is 4.14. The lowest BCUT2D eigenvalue weighted by Gasteiger charge is -2.14. The molecule has 0 bridgehead atoms. The summed E-state index contributed by atoms with van der Waals surface area (Å²) in [5.74, 6) is 2.18. The molecule has 0 fully saturated rings. The number of hydrogen-bond donors (Lipinski definition) is 1. The van der Waals surface area contributed by atoms with Crippen molar-refractivity contribution < 1.29 is 23.2 Å². The molecule has 8 heteroatoms. The Morgan fingerprint density at radius 2 is 1.62 bits per heavy atom. The summed E-state index contributed by atoms with van der Waals surface area (Å²) in [6.07, 6.45) is -0.707. The first-order chi connectivity index (χ1) is 15.5. The minimum atomic E-state index is -1.33. The van der Waals surface area contributed by atoms with Gasteiger partial charge in [-0.15, -0.1) is 0 Å². The van der Waals surface area contributed by atoms with Gasteiger partial charge in [0.1, 0.15) is 12.2 Å². The third-order valence-corrected chi connectivity index (χ3v) is 5.12. The van der Waals surface area contributed by atoms with Crippen LogP contribution in [0, 0.1) is 33.6 Å². The Morgan fingerprint density at radius 1 is 1.03 bits per heavy atom. The topological polar surface area (TPSA) is 81.5 Å². The summed E-state index contributed by atoms with van der Waals surface area (Å²) >= 11 is 0. The summed E-state index contributed by atoms with van der Waals surface area (Å²) in [7, 11) is 0. The number of amides is 1. The molecule has 1 amide bonds. The van der Waals surface area contributed by atoms with Crippen LogP contribution in [-0.4, -0.2) is 24.2 Å². The molecular weight excluding hydrogens is 418 g/mol. The van der Waals surface area contributed by atoms with Crippen molar-refractivity contribution in [3.8, 4) is 23.0 Å². The first-order valence-electron chi connectivity index (χ1n) is 9.67. The molecule has 0 saturated carbocycles. The quantitative estimate of drug-likeness (QED) is 0.365. The van der Waals surface area contributed by atoms with Gasteiger partial charge in [-0.25, -0.2) is 13.6 Å². The Morgan fingerprint density at radius 3 is 2.25 bits per heavy atom. The molecule has 0 heterocycles. The minimum absolute atomic E-state index is 0.0934. The van der Waals surface area contributed by atoms with E-state index in [0.29, 0.717) is 12.1 Å². The van der Waals surface area contributed by atoms with Gasteiger partial charge in [0.25, 0.3) is 5.69 Å². The van der Waals surface area contributed by atoms with Crippen molar-refractivity contribution in [3.05, 3.63) is 99.1 Å². The molecule has 0 saturated heterocycles. The second kappa shape index (κ2) is 8.86. The molecule has 0 radical (unpaired) electrons. The number of carbonyl (C=O) groups excluding carboxylic acids is 1. The van der Waals surface area contributed by atoms with E-state index >= 15 is 0 Å². The molecule has 0 aromatic heterocycles. The van der Waals surface area contributed by atoms with E-state index < -0.39 is 28.3 Å². The number of halogens is 2. The molecule has 1 N–H and O–H groups in total. The monoisotopic (exact) mass is 434 g/mol. The Hall–Kier alpha value is -4.25. The Labute approximate surface area is 182 Å². The lowest BCUT2D eigenvalue weighted by atomic mass is 9.98. The van der Waals surface area contributed by atoms with Gasteiger partial charge in [0.2, 0.25) is 0 Å². The fourth-order valence-corrected chi connectivity index (χ4v) is 3.69. The predicted octanol–water partition coefficient (Wildman–Crippen LogP) is 4.76. The fourth-order valence-electron chi connectivity index (χ4n) is 3.69. The highest BCUT2D eigenvalue weighted by atomic mass is 19.2. The molecule has 0 atom stereocenters. The smallest absolute Gasteiger partial charge is 0.407 e. The maximum atomic E-state index is 13.4. The number of nitrogens with zero attached hydrogens (tertiary/aromatic N) is 1. The molecule has 0 aliphatic heterocycles. The maximum Gasteiger partial charge on any atom is 0.407 e. The van der Waals surface area contributed by atoms with Crippen LogP contribution in [0.25, 0.3) is 11.1 Å². The van der Waals surface area contributed by atoms with E-state index in [1.54, 1.807) is 0 Å². The number of hydrogen-bond acceptors (Lipinski definition) is 4. The number of alkyl carbamates (subject to hydrolysis) is 1. The Bertz CT molecular complexity index is 1230. The van der Waals surface area contributed by atoms with Gasteiger partial charge < -0.3 is 10.1 Å². The van der Waals surface area contributed by atoms with Gasteiger partial charge in [-0.05, 0) is 28.3 Å². The van der Waals surface area contributed by atoms with E-state index in [4.69, 9.17) is 4.74 Å². The van der Waals surface area contributed by atoms with Gasteiger partial charge in [-0.3, -0.25) is 10.1 Å². The fraction of sp³-hybridized carbons (Fsp3) is 0.125. The highest BCUT2D eigenvalue weighted by Crippen LogP contribution is 2.44. The predicted molar refractivity (Wildman–Crippen MR) is 113 cm³/mol. The normalized spacial score (nSPS) is 11.7. The summed E-state index contributed by atoms with van der Waals surface area (Å²) in [6, 6.07) is 17.0. The van der Waals surface area contributed by atoms with Gasteiger partial charge in [-0.2, -0.15) is 0 Å². The summed E-state index contributed by atoms with van der Waals surface area (Å²) < 4.78 is 31.9. The zero-order valence-electron chi connectivity index (χ0n) is 16.6. The van der Waals surface area contributed by atoms with Crippen LogP contribution < -0.4 is 5.32 Å². The standard InChI is InChI=1S/C24H16F2N2O4/c25-21-12-15(23(28(30)31)13-22(21)26)6-5-11-27-24(29)32-14-20-18-9-3-1-7-16(18)17-8-2-4-10-19(17)20/h1-4,7-10,12-13,20H,11,14H2,(H,27,29). The van der Waals surface area contributed by atoms with Crippen molar-refractivity contribution in [1.82, 2.24) is 5.32 Å². The summed E-state index contributed by atoms with van der Waals surface area (Å²) in [6.45, 7) is -0.0608. The first kappa shape index (κ1) is 21.0. The van der Waals surface area contributed by atoms with Crippen LogP contribution in [0.2, 0.25) is 0 Å². The Balaban J connectivity index is 1.38. The van der Waals surface area contributed by atoms with Crippen molar-refractivity contribution in [2.24, 2.45) is 0 Å². The zero-order valence-corrected chi connectivity index (χ0v) is 16.6. The second-order valence-corrected chi connectivity index (χ2v) is 7.02. The van der Waals surface area contributed by atoms with Crippen molar-refractivity contribution in [3.63, 3.8) is 0 Å². The van der Waals surface area contributed by atoms with E-state index in [1.165, 1.54) is 0 Å². The summed E-state index contributed by atoms with van der Waals surface area (Å²) in [5.41, 5.74) is 3.42. The maximum absolute atomic E-state index is 13.4. The number of fused-ring (bicyclic) bond motifs is 3. The van der Waals surface area contributed by atoms with Gasteiger partial charge in [0, 0.05) is 5.92 Å². The molecular formula is C24H16F2N2O4. The average molecular weight is 434 g/mol. The lowest BCUT2D eigenvalue weighted by Crippen LogP contribution is -2.26. The lowest BCUT2D eigenvalue weighted by molar-refractivity contribution is -0.385. The molecule has 3 aromatic rings. The van der Waals surface area contributed by atoms with Crippen LogP contribution in [0.3, 0.4) is 0 Å². The van der Waals surface area contributed by atoms with E-state index in [1.807, 2.05) is 48.5 Å². The first-order valence-corrected chi connectivity index (χ1v) is 9.67. The Kier molecular flexibility index (Phi) is 5.81. The zero-order chi connectivity index (χ0) is 22.7. The van der Waals surface area contributed by atoms with Crippen molar-refractivity contribution in [1.29, 1.82) is 0 Å². The molecule has 1 aliphatic rings. The van der Waals surface area contributed by atoms with Gasteiger partial charge in [0.15, 0.2) is 11.6 Å². The number of ether oxygens (including phenoxy) is 1. The minimum Gasteiger partial charge on any atom is -0.449 e. The van der Waals surface area contributed by atoms with Crippen LogP contribution in [-0.2, 0) is 4.74 Å². The van der Waals surface area contributed by atoms with Crippen LogP contribution in [0.1, 0.15) is 22.6 Å². The molecule has 6 nitrogen and oxygen atoms in total. The van der Waals surface area contributed by atoms with Crippen LogP contribution in [0.15, 0.2) is 60.7 Å². The third-order valence-electron chi connectivity index (χ3n) is 5.12. The average Bonchev–Trinajstić information content (AvgIpc) is 3.11. The highest BCUT2D eigenvalue weighted by Gasteiger charge is 2.28. The van der Waals surface area contributed by atoms with E-state index in [2.05, 4.69) is 17.2 Å². The van der Waals surface area contributed by atoms with Crippen LogP contribution >= 0.6 is 0 Å². The number of nitro groups is 1. The summed E-state index contributed by atoms with van der Waals surface area (Å²) in [4.78, 5) is 22.2. The molecule has 4 rings (SSSR count). The summed E-state index contributed by atoms with van der Waals surface area (Å²) in [5, 5.41) is 13.4. The number of nitro benzene ring substituents is 1. The number of nitrogens with one attached hydrogen (secondary N) is 1. The SMILES string of the molecule is O=C(NCC#Cc1cc(F)c(F)cc1[N+](=O)[O-])OCC1c2ccccc2-c2ccccc21. The van der Waals surface area contributed by atoms with Crippen molar-refractivity contribution >= 4 is 11.8 Å². The molecule has 32 heavy (non-hydrogen) atoms. The molecule has 0 unspecified atom stereocenters. The van der Waals surface area contributed by atoms with E-state index in [-0.39, 0.29) is 24.6 Å². The van der Waals surface area contributed by atoms with Crippen LogP contribution in [0.5, 0.6) is 0 Å². The largest absolute Gasteiger partial charge is 0.449 e. The van der Waals surface area contributed by atoms with Gasteiger partial charge in [-0.1, -0.05) is 60.4 Å². The van der Waals surface area contributed by atoms with E-state index in [0.717, 1.165) is 22.3 Å². The van der Waals surface area contributed by atoms with Crippen molar-refractivity contribution in [2.45, 2.75) is 5.92 Å². The molecule has 1 aliphatic carbocycles. The molecule has 3 aromatic carbocycles. The molecule has 0 spiro atoms. The highest BCUT2D eigenvalue weighted by molar-refractivity contribution is 5.79. The second-order valence-electron chi connectivity index (χ2n) is 7.02. The number of carbonyl (C=O) groups is 1. The van der Waals surface area contributed by atoms with E-state index in [9.17, 15) is 23.7 Å². The van der Waals surface area contributed by atoms with Gasteiger partial charge >= 0.3 is 6.09 Å². The number of rotatable bonds is 4.